The molecule has 0 radical (unpaired) electrons. The van der Waals surface area contributed by atoms with E-state index in [2.05, 4.69) is 17.2 Å². The molecule has 1 unspecified atom stereocenters. The molecule has 5 heteroatoms. The monoisotopic (exact) mass is 306 g/mol. The Morgan fingerprint density at radius 1 is 1.19 bits per heavy atom. The van der Waals surface area contributed by atoms with Crippen LogP contribution in [0.3, 0.4) is 0 Å². The fourth-order valence-corrected chi connectivity index (χ4v) is 2.44. The van der Waals surface area contributed by atoms with Crippen LogP contribution in [0.2, 0.25) is 5.02 Å². The number of ether oxygens (including phenoxy) is 2. The molecule has 21 heavy (non-hydrogen) atoms. The zero-order valence-corrected chi connectivity index (χ0v) is 13.4. The predicted octanol–water partition coefficient (Wildman–Crippen LogP) is 4.23. The number of rotatable bonds is 5. The van der Waals surface area contributed by atoms with Crippen LogP contribution in [-0.2, 0) is 0 Å². The van der Waals surface area contributed by atoms with Gasteiger partial charge < -0.3 is 14.8 Å². The van der Waals surface area contributed by atoms with Crippen molar-refractivity contribution in [1.82, 2.24) is 4.98 Å². The second-order valence-electron chi connectivity index (χ2n) is 4.79. The van der Waals surface area contributed by atoms with Gasteiger partial charge in [-0.3, -0.25) is 4.98 Å². The van der Waals surface area contributed by atoms with Crippen LogP contribution >= 0.6 is 11.6 Å². The van der Waals surface area contributed by atoms with Crippen LogP contribution in [0.25, 0.3) is 0 Å². The average molecular weight is 307 g/mol. The van der Waals surface area contributed by atoms with Gasteiger partial charge in [-0.15, -0.1) is 0 Å². The van der Waals surface area contributed by atoms with Crippen molar-refractivity contribution in [3.8, 4) is 11.5 Å². The van der Waals surface area contributed by atoms with E-state index in [1.54, 1.807) is 26.6 Å². The lowest BCUT2D eigenvalue weighted by Gasteiger charge is -2.20. The Morgan fingerprint density at radius 3 is 2.48 bits per heavy atom. The number of methoxy groups -OCH3 is 2. The van der Waals surface area contributed by atoms with E-state index >= 15 is 0 Å². The molecule has 4 nitrogen and oxygen atoms in total. The highest BCUT2D eigenvalue weighted by Crippen LogP contribution is 2.34. The number of nitrogens with zero attached hydrogens (tertiary/aromatic N) is 1. The van der Waals surface area contributed by atoms with Crippen LogP contribution in [0.15, 0.2) is 30.6 Å². The molecule has 2 aromatic rings. The molecular formula is C16H19ClN2O2. The largest absolute Gasteiger partial charge is 0.493 e. The van der Waals surface area contributed by atoms with E-state index in [4.69, 9.17) is 21.1 Å². The van der Waals surface area contributed by atoms with Crippen molar-refractivity contribution in [3.63, 3.8) is 0 Å². The topological polar surface area (TPSA) is 43.4 Å². The smallest absolute Gasteiger partial charge is 0.161 e. The van der Waals surface area contributed by atoms with E-state index in [0.29, 0.717) is 10.8 Å². The summed E-state index contributed by atoms with van der Waals surface area (Å²) in [5.41, 5.74) is 3.10. The number of aromatic nitrogens is 1. The Kier molecular flexibility index (Phi) is 4.91. The fourth-order valence-electron chi connectivity index (χ4n) is 2.27. The van der Waals surface area contributed by atoms with Crippen LogP contribution in [0, 0.1) is 6.92 Å². The molecule has 1 aromatic carbocycles. The first-order chi connectivity index (χ1) is 10.1. The van der Waals surface area contributed by atoms with E-state index in [0.717, 1.165) is 22.6 Å². The van der Waals surface area contributed by atoms with E-state index < -0.39 is 0 Å². The quantitative estimate of drug-likeness (QED) is 0.897. The van der Waals surface area contributed by atoms with Crippen molar-refractivity contribution in [3.05, 3.63) is 46.7 Å². The van der Waals surface area contributed by atoms with E-state index in [1.165, 1.54) is 0 Å². The van der Waals surface area contributed by atoms with Crippen molar-refractivity contribution in [2.24, 2.45) is 0 Å². The number of anilines is 1. The highest BCUT2D eigenvalue weighted by Gasteiger charge is 2.14. The molecule has 1 aromatic heterocycles. The second kappa shape index (κ2) is 6.68. The molecule has 1 N–H and O–H groups in total. The Balaban J connectivity index is 2.31. The van der Waals surface area contributed by atoms with Crippen molar-refractivity contribution >= 4 is 17.3 Å². The van der Waals surface area contributed by atoms with Gasteiger partial charge in [0.05, 0.1) is 24.9 Å². The summed E-state index contributed by atoms with van der Waals surface area (Å²) < 4.78 is 10.7. The Bertz CT molecular complexity index is 632. The number of hydrogen-bond donors (Lipinski definition) is 1. The number of benzene rings is 1. The molecule has 0 spiro atoms. The summed E-state index contributed by atoms with van der Waals surface area (Å²) >= 11 is 6.13. The number of aryl methyl sites for hydroxylation is 1. The van der Waals surface area contributed by atoms with E-state index in [1.807, 2.05) is 25.1 Å². The molecule has 0 saturated carbocycles. The number of halogens is 1. The van der Waals surface area contributed by atoms with Crippen LogP contribution < -0.4 is 14.8 Å². The lowest BCUT2D eigenvalue weighted by atomic mass is 10.0. The first-order valence-electron chi connectivity index (χ1n) is 6.65. The van der Waals surface area contributed by atoms with Crippen LogP contribution in [0.1, 0.15) is 24.1 Å². The molecule has 112 valence electrons. The lowest BCUT2D eigenvalue weighted by Crippen LogP contribution is -2.09. The summed E-state index contributed by atoms with van der Waals surface area (Å²) in [4.78, 5) is 3.98. The fraction of sp³-hybridized carbons (Fsp3) is 0.312. The van der Waals surface area contributed by atoms with Gasteiger partial charge >= 0.3 is 0 Å². The second-order valence-corrected chi connectivity index (χ2v) is 5.19. The number of pyridine rings is 1. The molecule has 0 bridgehead atoms. The lowest BCUT2D eigenvalue weighted by molar-refractivity contribution is 0.354. The van der Waals surface area contributed by atoms with Crippen LogP contribution in [-0.4, -0.2) is 19.2 Å². The molecule has 0 aliphatic rings. The van der Waals surface area contributed by atoms with Gasteiger partial charge in [-0.25, -0.2) is 0 Å². The van der Waals surface area contributed by atoms with E-state index in [-0.39, 0.29) is 6.04 Å². The van der Waals surface area contributed by atoms with Gasteiger partial charge in [0.25, 0.3) is 0 Å². The maximum atomic E-state index is 6.13. The number of nitrogens with one attached hydrogen (secondary N) is 1. The Hall–Kier alpha value is -1.94. The average Bonchev–Trinajstić information content (AvgIpc) is 2.49. The summed E-state index contributed by atoms with van der Waals surface area (Å²) in [6.45, 7) is 4.12. The van der Waals surface area contributed by atoms with Crippen molar-refractivity contribution in [2.45, 2.75) is 19.9 Å². The first kappa shape index (κ1) is 15.4. The molecule has 0 saturated heterocycles. The third-order valence-electron chi connectivity index (χ3n) is 3.38. The van der Waals surface area contributed by atoms with Gasteiger partial charge in [0.2, 0.25) is 0 Å². The Morgan fingerprint density at radius 2 is 1.86 bits per heavy atom. The third-order valence-corrected chi connectivity index (χ3v) is 3.68. The maximum absolute atomic E-state index is 6.13. The third kappa shape index (κ3) is 3.39. The summed E-state index contributed by atoms with van der Waals surface area (Å²) in [7, 11) is 3.27. The molecule has 0 aliphatic heterocycles. The molecule has 0 amide bonds. The summed E-state index contributed by atoms with van der Waals surface area (Å²) in [5, 5.41) is 3.99. The standard InChI is InChI=1S/C16H19ClN2O2/c1-10-7-15(20-3)16(21-4)8-12(10)11(2)19-14-5-6-18-9-13(14)17/h5-9,11H,1-4H3,(H,18,19). The van der Waals surface area contributed by atoms with Crippen LogP contribution in [0.4, 0.5) is 5.69 Å². The molecule has 1 heterocycles. The minimum Gasteiger partial charge on any atom is -0.493 e. The molecule has 2 rings (SSSR count). The normalized spacial score (nSPS) is 11.9. The molecular weight excluding hydrogens is 288 g/mol. The SMILES string of the molecule is COc1cc(C)c(C(C)Nc2ccncc2Cl)cc1OC. The summed E-state index contributed by atoms with van der Waals surface area (Å²) in [6.07, 6.45) is 3.33. The van der Waals surface area contributed by atoms with E-state index in [9.17, 15) is 0 Å². The van der Waals surface area contributed by atoms with Crippen molar-refractivity contribution < 1.29 is 9.47 Å². The minimum atomic E-state index is 0.0738. The van der Waals surface area contributed by atoms with Crippen molar-refractivity contribution in [2.75, 3.05) is 19.5 Å². The maximum Gasteiger partial charge on any atom is 0.161 e. The van der Waals surface area contributed by atoms with Crippen LogP contribution in [0.5, 0.6) is 11.5 Å². The summed E-state index contributed by atoms with van der Waals surface area (Å²) in [5.74, 6) is 1.44. The Labute approximate surface area is 130 Å². The van der Waals surface area contributed by atoms with Crippen molar-refractivity contribution in [1.29, 1.82) is 0 Å². The molecule has 1 atom stereocenters. The van der Waals surface area contributed by atoms with Gasteiger partial charge in [0.15, 0.2) is 11.5 Å². The highest BCUT2D eigenvalue weighted by atomic mass is 35.5. The minimum absolute atomic E-state index is 0.0738. The van der Waals surface area contributed by atoms with Gasteiger partial charge in [0, 0.05) is 18.4 Å². The highest BCUT2D eigenvalue weighted by molar-refractivity contribution is 6.33. The van der Waals surface area contributed by atoms with Gasteiger partial charge in [0.1, 0.15) is 0 Å². The zero-order chi connectivity index (χ0) is 15.4. The van der Waals surface area contributed by atoms with Gasteiger partial charge in [-0.05, 0) is 43.2 Å². The predicted molar refractivity (Wildman–Crippen MR) is 85.6 cm³/mol. The van der Waals surface area contributed by atoms with Gasteiger partial charge in [-0.1, -0.05) is 11.6 Å². The van der Waals surface area contributed by atoms with Gasteiger partial charge in [-0.2, -0.15) is 0 Å². The molecule has 0 aliphatic carbocycles. The number of hydrogen-bond acceptors (Lipinski definition) is 4. The first-order valence-corrected chi connectivity index (χ1v) is 7.03. The molecule has 0 fully saturated rings. The zero-order valence-electron chi connectivity index (χ0n) is 12.6. The summed E-state index contributed by atoms with van der Waals surface area (Å²) in [6, 6.07) is 5.89.